The number of aromatic nitrogens is 3. The Balaban J connectivity index is 0.000000597. The first-order valence-corrected chi connectivity index (χ1v) is 12.9. The minimum absolute atomic E-state index is 0.0724. The molecule has 0 unspecified atom stereocenters. The van der Waals surface area contributed by atoms with Crippen LogP contribution in [0.3, 0.4) is 0 Å². The van der Waals surface area contributed by atoms with Gasteiger partial charge in [-0.05, 0) is 24.3 Å². The van der Waals surface area contributed by atoms with Gasteiger partial charge in [0.15, 0.2) is 0 Å². The summed E-state index contributed by atoms with van der Waals surface area (Å²) in [6, 6.07) is 9.83. The summed E-state index contributed by atoms with van der Waals surface area (Å²) in [6.45, 7) is 1.34. The largest absolute Gasteiger partial charge is 0.481 e. The zero-order valence-electron chi connectivity index (χ0n) is 21.9. The first-order valence-electron chi connectivity index (χ1n) is 12.1. The lowest BCUT2D eigenvalue weighted by Gasteiger charge is -2.08. The second kappa shape index (κ2) is 18.0. The van der Waals surface area contributed by atoms with Crippen LogP contribution in [0.1, 0.15) is 16.3 Å². The van der Waals surface area contributed by atoms with E-state index in [2.05, 4.69) is 10.1 Å². The zero-order valence-corrected chi connectivity index (χ0v) is 22.7. The molecule has 0 atom stereocenters. The van der Waals surface area contributed by atoms with Gasteiger partial charge in [0.2, 0.25) is 0 Å². The Labute approximate surface area is 236 Å². The van der Waals surface area contributed by atoms with Gasteiger partial charge in [0.25, 0.3) is 5.56 Å². The minimum atomic E-state index is -4.47. The Morgan fingerprint density at radius 1 is 0.927 bits per heavy atom. The summed E-state index contributed by atoms with van der Waals surface area (Å²) in [5, 5.41) is 37.7. The first-order chi connectivity index (χ1) is 19.5. The van der Waals surface area contributed by atoms with Gasteiger partial charge < -0.3 is 37.6 Å². The topological polar surface area (TPSA) is 224 Å². The number of aliphatic carboxylic acids is 1. The lowest BCUT2D eigenvalue weighted by atomic mass is 10.1. The van der Waals surface area contributed by atoms with Crippen molar-refractivity contribution in [3.05, 3.63) is 69.1 Å². The number of carbonyl (C=O) groups is 1. The third kappa shape index (κ3) is 11.5. The Bertz CT molecular complexity index is 1420. The first kappa shape index (κ1) is 35.5. The Morgan fingerprint density at radius 2 is 1.46 bits per heavy atom. The van der Waals surface area contributed by atoms with E-state index in [4.69, 9.17) is 37.6 Å². The minimum Gasteiger partial charge on any atom is -0.481 e. The molecule has 226 valence electrons. The fourth-order valence-electron chi connectivity index (χ4n) is 3.03. The molecular weight excluding hydrogens is 569 g/mol. The number of halogens is 3. The molecule has 0 aliphatic heterocycles. The predicted molar refractivity (Wildman–Crippen MR) is 149 cm³/mol. The maximum absolute atomic E-state index is 12.9. The van der Waals surface area contributed by atoms with Crippen LogP contribution in [0.2, 0.25) is 0 Å². The molecule has 0 fully saturated rings. The zero-order chi connectivity index (χ0) is 31.0. The summed E-state index contributed by atoms with van der Waals surface area (Å²) in [7, 11) is 0. The molecule has 0 saturated carbocycles. The number of nitrogens with two attached hydrogens (primary N) is 3. The molecule has 12 nitrogen and oxygen atoms in total. The van der Waals surface area contributed by atoms with E-state index in [1.807, 2.05) is 0 Å². The van der Waals surface area contributed by atoms with Crippen LogP contribution in [0.5, 0.6) is 0 Å². The van der Waals surface area contributed by atoms with Crippen LogP contribution in [-0.4, -0.2) is 80.6 Å². The van der Waals surface area contributed by atoms with Gasteiger partial charge in [-0.15, -0.1) is 11.3 Å². The highest BCUT2D eigenvalue weighted by Crippen LogP contribution is 2.33. The molecule has 16 heteroatoms. The number of carboxylic acids is 1. The summed E-state index contributed by atoms with van der Waals surface area (Å²) >= 11 is 1.15. The van der Waals surface area contributed by atoms with E-state index in [-0.39, 0.29) is 44.0 Å². The second-order valence-electron chi connectivity index (χ2n) is 7.85. The van der Waals surface area contributed by atoms with Gasteiger partial charge in [-0.3, -0.25) is 9.59 Å². The number of aliphatic hydroxyl groups is 3. The molecular formula is C25H33F3N6O6S. The lowest BCUT2D eigenvalue weighted by molar-refractivity contribution is -0.138. The van der Waals surface area contributed by atoms with E-state index < -0.39 is 23.3 Å². The molecule has 2 aromatic carbocycles. The third-order valence-corrected chi connectivity index (χ3v) is 5.72. The quantitative estimate of drug-likeness (QED) is 0.154. The maximum atomic E-state index is 12.9. The number of alkyl halides is 3. The monoisotopic (exact) mass is 602 g/mol. The Kier molecular flexibility index (Phi) is 15.6. The van der Waals surface area contributed by atoms with Crippen molar-refractivity contribution in [2.75, 3.05) is 39.5 Å². The molecule has 41 heavy (non-hydrogen) atoms. The van der Waals surface area contributed by atoms with E-state index in [0.29, 0.717) is 40.1 Å². The number of rotatable bonds is 7. The van der Waals surface area contributed by atoms with Crippen molar-refractivity contribution < 1.29 is 38.4 Å². The predicted octanol–water partition coefficient (Wildman–Crippen LogP) is 0.513. The number of benzene rings is 2. The van der Waals surface area contributed by atoms with Crippen LogP contribution >= 0.6 is 11.3 Å². The number of thiazole rings is 1. The van der Waals surface area contributed by atoms with Crippen molar-refractivity contribution in [2.24, 2.45) is 17.2 Å². The molecule has 2 aromatic heterocycles. The lowest BCUT2D eigenvalue weighted by Crippen LogP contribution is -2.26. The maximum Gasteiger partial charge on any atom is 0.416 e. The van der Waals surface area contributed by atoms with Gasteiger partial charge in [0.1, 0.15) is 5.01 Å². The van der Waals surface area contributed by atoms with Crippen molar-refractivity contribution in [1.29, 1.82) is 0 Å². The fourth-order valence-corrected chi connectivity index (χ4v) is 3.96. The van der Waals surface area contributed by atoms with Crippen molar-refractivity contribution in [3.63, 3.8) is 0 Å². The highest BCUT2D eigenvalue weighted by Gasteiger charge is 2.30. The number of hydrogen-bond acceptors (Lipinski definition) is 11. The fraction of sp³-hybridized carbons (Fsp3) is 0.360. The molecule has 4 rings (SSSR count). The van der Waals surface area contributed by atoms with Crippen molar-refractivity contribution in [2.45, 2.75) is 19.1 Å². The standard InChI is InChI=1S/C19H12F3N3O3S.3C2H7NO/c20-19(21,22)10-5-6-15-14(7-10)23-16(29-15)9-25-18(28)12-4-2-1-3-11(12)13(24-25)8-17(26)27;3*3-1-2-4/h1-7H,8-9H2,(H,26,27);3*4H,1-3H2. The van der Waals surface area contributed by atoms with Crippen LogP contribution < -0.4 is 22.8 Å². The third-order valence-electron chi connectivity index (χ3n) is 4.69. The number of fused-ring (bicyclic) bond motifs is 2. The molecule has 0 amide bonds. The van der Waals surface area contributed by atoms with Gasteiger partial charge in [-0.25, -0.2) is 9.67 Å². The number of nitrogens with zero attached hydrogens (tertiary/aromatic N) is 3. The second-order valence-corrected chi connectivity index (χ2v) is 8.97. The number of aliphatic hydroxyl groups excluding tert-OH is 3. The van der Waals surface area contributed by atoms with Crippen LogP contribution in [-0.2, 0) is 23.9 Å². The molecule has 10 N–H and O–H groups in total. The van der Waals surface area contributed by atoms with Crippen LogP contribution in [0.25, 0.3) is 21.0 Å². The van der Waals surface area contributed by atoms with Gasteiger partial charge in [0.05, 0.1) is 59.6 Å². The van der Waals surface area contributed by atoms with E-state index >= 15 is 0 Å². The van der Waals surface area contributed by atoms with Gasteiger partial charge >= 0.3 is 12.1 Å². The van der Waals surface area contributed by atoms with Crippen molar-refractivity contribution in [1.82, 2.24) is 14.8 Å². The summed E-state index contributed by atoms with van der Waals surface area (Å²) < 4.78 is 40.3. The average molecular weight is 603 g/mol. The summed E-state index contributed by atoms with van der Waals surface area (Å²) in [5.74, 6) is -1.09. The van der Waals surface area contributed by atoms with Gasteiger partial charge in [-0.2, -0.15) is 18.3 Å². The van der Waals surface area contributed by atoms with E-state index in [0.717, 1.165) is 28.2 Å². The van der Waals surface area contributed by atoms with Gasteiger partial charge in [-0.1, -0.05) is 18.2 Å². The highest BCUT2D eigenvalue weighted by molar-refractivity contribution is 7.18. The van der Waals surface area contributed by atoms with E-state index in [9.17, 15) is 22.8 Å². The molecule has 0 aliphatic carbocycles. The van der Waals surface area contributed by atoms with Crippen molar-refractivity contribution >= 4 is 38.3 Å². The van der Waals surface area contributed by atoms with Crippen molar-refractivity contribution in [3.8, 4) is 0 Å². The SMILES string of the molecule is NCCO.NCCO.NCCO.O=C(O)Cc1nn(Cc2nc3cc(C(F)(F)F)ccc3s2)c(=O)c2ccccc12. The summed E-state index contributed by atoms with van der Waals surface area (Å²) in [4.78, 5) is 28.1. The summed E-state index contributed by atoms with van der Waals surface area (Å²) in [6.07, 6.45) is -4.84. The molecule has 0 bridgehead atoms. The molecule has 0 spiro atoms. The van der Waals surface area contributed by atoms with Crippen LogP contribution in [0.4, 0.5) is 13.2 Å². The van der Waals surface area contributed by atoms with Crippen LogP contribution in [0, 0.1) is 0 Å². The van der Waals surface area contributed by atoms with Gasteiger partial charge in [0, 0.05) is 25.0 Å². The molecule has 2 heterocycles. The normalized spacial score (nSPS) is 10.7. The van der Waals surface area contributed by atoms with E-state index in [1.165, 1.54) is 6.07 Å². The molecule has 4 aromatic rings. The smallest absolute Gasteiger partial charge is 0.416 e. The molecule has 0 radical (unpaired) electrons. The number of carboxylic acid groups (broad SMARTS) is 1. The molecule has 0 saturated heterocycles. The number of hydrogen-bond donors (Lipinski definition) is 7. The average Bonchev–Trinajstić information content (AvgIpc) is 3.37. The highest BCUT2D eigenvalue weighted by atomic mass is 32.1. The summed E-state index contributed by atoms with van der Waals surface area (Å²) in [5.41, 5.74) is 13.5. The Hall–Kier alpha value is -3.51. The van der Waals surface area contributed by atoms with Crippen LogP contribution in [0.15, 0.2) is 47.3 Å². The Morgan fingerprint density at radius 3 is 1.95 bits per heavy atom. The van der Waals surface area contributed by atoms with E-state index in [1.54, 1.807) is 24.3 Å². The molecule has 0 aliphatic rings.